The van der Waals surface area contributed by atoms with Crippen molar-refractivity contribution in [3.05, 3.63) is 56.6 Å². The van der Waals surface area contributed by atoms with Crippen molar-refractivity contribution in [3.63, 3.8) is 0 Å². The van der Waals surface area contributed by atoms with E-state index in [1.807, 2.05) is 0 Å². The summed E-state index contributed by atoms with van der Waals surface area (Å²) >= 11 is 7.98. The van der Waals surface area contributed by atoms with Crippen molar-refractivity contribution in [2.24, 2.45) is 0 Å². The molecule has 0 aliphatic heterocycles. The van der Waals surface area contributed by atoms with Gasteiger partial charge in [-0.05, 0) is 65.4 Å². The third-order valence-electron chi connectivity index (χ3n) is 2.83. The van der Waals surface area contributed by atoms with E-state index in [1.54, 1.807) is 49.4 Å². The number of urea groups is 1. The number of halogens is 2. The Labute approximate surface area is 141 Å². The monoisotopic (exact) mass is 416 g/mol. The van der Waals surface area contributed by atoms with Crippen LogP contribution in [0.3, 0.4) is 0 Å². The van der Waals surface area contributed by atoms with Crippen LogP contribution in [0.25, 0.3) is 0 Å². The standard InChI is InChI=1S/C15H14ClIN2O2/c1-9(20)10-2-5-12(6-3-10)18-15(21)19-14-7-4-11(16)8-13(14)17/h2-9,20H,1H3,(H2,18,19,21). The highest BCUT2D eigenvalue weighted by molar-refractivity contribution is 14.1. The summed E-state index contributed by atoms with van der Waals surface area (Å²) in [6.45, 7) is 1.69. The Balaban J connectivity index is 2.01. The zero-order chi connectivity index (χ0) is 15.4. The highest BCUT2D eigenvalue weighted by atomic mass is 127. The van der Waals surface area contributed by atoms with E-state index < -0.39 is 6.10 Å². The fourth-order valence-electron chi connectivity index (χ4n) is 1.72. The summed E-state index contributed by atoms with van der Waals surface area (Å²) in [6, 6.07) is 11.9. The largest absolute Gasteiger partial charge is 0.389 e. The number of carbonyl (C=O) groups is 1. The molecule has 3 N–H and O–H groups in total. The molecule has 0 heterocycles. The number of aliphatic hydroxyl groups is 1. The molecular weight excluding hydrogens is 403 g/mol. The Hall–Kier alpha value is -1.31. The van der Waals surface area contributed by atoms with Gasteiger partial charge in [0.05, 0.1) is 11.8 Å². The van der Waals surface area contributed by atoms with Crippen LogP contribution in [0.2, 0.25) is 5.02 Å². The molecule has 0 saturated carbocycles. The van der Waals surface area contributed by atoms with Gasteiger partial charge in [-0.25, -0.2) is 4.79 Å². The van der Waals surface area contributed by atoms with Crippen molar-refractivity contribution < 1.29 is 9.90 Å². The van der Waals surface area contributed by atoms with Crippen LogP contribution in [0.4, 0.5) is 16.2 Å². The van der Waals surface area contributed by atoms with Gasteiger partial charge in [-0.15, -0.1) is 0 Å². The summed E-state index contributed by atoms with van der Waals surface area (Å²) < 4.78 is 0.861. The fourth-order valence-corrected chi connectivity index (χ4v) is 2.73. The number of anilines is 2. The number of hydrogen-bond acceptors (Lipinski definition) is 2. The number of carbonyl (C=O) groups excluding carboxylic acids is 1. The second-order valence-electron chi connectivity index (χ2n) is 4.50. The molecule has 110 valence electrons. The van der Waals surface area contributed by atoms with E-state index in [0.717, 1.165) is 9.13 Å². The van der Waals surface area contributed by atoms with Crippen LogP contribution in [0.15, 0.2) is 42.5 Å². The van der Waals surface area contributed by atoms with Gasteiger partial charge in [-0.2, -0.15) is 0 Å². The van der Waals surface area contributed by atoms with Crippen molar-refractivity contribution in [3.8, 4) is 0 Å². The van der Waals surface area contributed by atoms with Gasteiger partial charge in [0.2, 0.25) is 0 Å². The van der Waals surface area contributed by atoms with E-state index in [1.165, 1.54) is 0 Å². The summed E-state index contributed by atoms with van der Waals surface area (Å²) in [4.78, 5) is 11.9. The van der Waals surface area contributed by atoms with Gasteiger partial charge in [-0.1, -0.05) is 23.7 Å². The normalized spacial score (nSPS) is 11.8. The Kier molecular flexibility index (Phi) is 5.44. The van der Waals surface area contributed by atoms with Gasteiger partial charge in [0.25, 0.3) is 0 Å². The second-order valence-corrected chi connectivity index (χ2v) is 6.10. The Morgan fingerprint density at radius 2 is 1.86 bits per heavy atom. The molecule has 0 aliphatic rings. The lowest BCUT2D eigenvalue weighted by molar-refractivity contribution is 0.199. The minimum atomic E-state index is -0.525. The summed E-state index contributed by atoms with van der Waals surface area (Å²) in [5.41, 5.74) is 2.15. The first-order chi connectivity index (χ1) is 9.95. The maximum atomic E-state index is 11.9. The molecular formula is C15H14ClIN2O2. The Morgan fingerprint density at radius 1 is 1.19 bits per heavy atom. The van der Waals surface area contributed by atoms with E-state index in [4.69, 9.17) is 11.6 Å². The number of amides is 2. The first-order valence-corrected chi connectivity index (χ1v) is 7.72. The first-order valence-electron chi connectivity index (χ1n) is 6.27. The van der Waals surface area contributed by atoms with E-state index in [0.29, 0.717) is 16.4 Å². The molecule has 2 aromatic carbocycles. The van der Waals surface area contributed by atoms with Crippen molar-refractivity contribution in [2.45, 2.75) is 13.0 Å². The minimum Gasteiger partial charge on any atom is -0.389 e. The Bertz CT molecular complexity index is 645. The highest BCUT2D eigenvalue weighted by Crippen LogP contribution is 2.22. The summed E-state index contributed by atoms with van der Waals surface area (Å²) in [7, 11) is 0. The van der Waals surface area contributed by atoms with Crippen molar-refractivity contribution in [2.75, 3.05) is 10.6 Å². The maximum absolute atomic E-state index is 11.9. The van der Waals surface area contributed by atoms with Crippen molar-refractivity contribution in [1.82, 2.24) is 0 Å². The van der Waals surface area contributed by atoms with Crippen LogP contribution < -0.4 is 10.6 Å². The van der Waals surface area contributed by atoms with Crippen LogP contribution in [-0.4, -0.2) is 11.1 Å². The van der Waals surface area contributed by atoms with E-state index >= 15 is 0 Å². The number of aliphatic hydroxyl groups excluding tert-OH is 1. The van der Waals surface area contributed by atoms with Gasteiger partial charge in [0, 0.05) is 14.3 Å². The topological polar surface area (TPSA) is 61.4 Å². The predicted molar refractivity (Wildman–Crippen MR) is 93.9 cm³/mol. The molecule has 0 saturated heterocycles. The quantitative estimate of drug-likeness (QED) is 0.638. The van der Waals surface area contributed by atoms with Crippen LogP contribution in [-0.2, 0) is 0 Å². The molecule has 1 atom stereocenters. The predicted octanol–water partition coefficient (Wildman–Crippen LogP) is 4.64. The minimum absolute atomic E-state index is 0.333. The van der Waals surface area contributed by atoms with Crippen molar-refractivity contribution >= 4 is 51.6 Å². The molecule has 1 unspecified atom stereocenters. The van der Waals surface area contributed by atoms with Gasteiger partial charge in [-0.3, -0.25) is 0 Å². The molecule has 2 rings (SSSR count). The number of nitrogens with one attached hydrogen (secondary N) is 2. The van der Waals surface area contributed by atoms with Crippen molar-refractivity contribution in [1.29, 1.82) is 0 Å². The Morgan fingerprint density at radius 3 is 2.43 bits per heavy atom. The lowest BCUT2D eigenvalue weighted by atomic mass is 10.1. The molecule has 0 radical (unpaired) electrons. The average molecular weight is 417 g/mol. The first kappa shape index (κ1) is 16.1. The van der Waals surface area contributed by atoms with Crippen LogP contribution >= 0.6 is 34.2 Å². The number of rotatable bonds is 3. The highest BCUT2D eigenvalue weighted by Gasteiger charge is 2.07. The molecule has 4 nitrogen and oxygen atoms in total. The smallest absolute Gasteiger partial charge is 0.323 e. The second kappa shape index (κ2) is 7.11. The third-order valence-corrected chi connectivity index (χ3v) is 3.96. The molecule has 2 amide bonds. The molecule has 2 aromatic rings. The molecule has 0 aliphatic carbocycles. The molecule has 6 heteroatoms. The summed E-state index contributed by atoms with van der Waals surface area (Å²) in [6.07, 6.45) is -0.525. The number of benzene rings is 2. The summed E-state index contributed by atoms with van der Waals surface area (Å²) in [5, 5.41) is 15.5. The van der Waals surface area contributed by atoms with Crippen LogP contribution in [0, 0.1) is 3.57 Å². The molecule has 0 fully saturated rings. The average Bonchev–Trinajstić information content (AvgIpc) is 2.42. The zero-order valence-electron chi connectivity index (χ0n) is 11.2. The lowest BCUT2D eigenvalue weighted by Crippen LogP contribution is -2.20. The third kappa shape index (κ3) is 4.59. The van der Waals surface area contributed by atoms with E-state index in [-0.39, 0.29) is 6.03 Å². The van der Waals surface area contributed by atoms with Gasteiger partial charge >= 0.3 is 6.03 Å². The van der Waals surface area contributed by atoms with Crippen LogP contribution in [0.5, 0.6) is 0 Å². The van der Waals surface area contributed by atoms with Crippen LogP contribution in [0.1, 0.15) is 18.6 Å². The molecule has 0 spiro atoms. The number of hydrogen-bond donors (Lipinski definition) is 3. The van der Waals surface area contributed by atoms with E-state index in [2.05, 4.69) is 33.2 Å². The molecule has 0 bridgehead atoms. The maximum Gasteiger partial charge on any atom is 0.323 e. The van der Waals surface area contributed by atoms with Gasteiger partial charge < -0.3 is 15.7 Å². The van der Waals surface area contributed by atoms with E-state index in [9.17, 15) is 9.90 Å². The molecule has 0 aromatic heterocycles. The zero-order valence-corrected chi connectivity index (χ0v) is 14.1. The molecule has 21 heavy (non-hydrogen) atoms. The SMILES string of the molecule is CC(O)c1ccc(NC(=O)Nc2ccc(Cl)cc2I)cc1. The summed E-state index contributed by atoms with van der Waals surface area (Å²) in [5.74, 6) is 0. The lowest BCUT2D eigenvalue weighted by Gasteiger charge is -2.10. The van der Waals surface area contributed by atoms with Gasteiger partial charge in [0.15, 0.2) is 0 Å². The fraction of sp³-hybridized carbons (Fsp3) is 0.133. The van der Waals surface area contributed by atoms with Gasteiger partial charge in [0.1, 0.15) is 0 Å².